The zero-order valence-electron chi connectivity index (χ0n) is 11.2. The van der Waals surface area contributed by atoms with Gasteiger partial charge in [0.15, 0.2) is 0 Å². The lowest BCUT2D eigenvalue weighted by atomic mass is 9.89. The van der Waals surface area contributed by atoms with Crippen LogP contribution in [-0.2, 0) is 9.59 Å². The molecule has 2 amide bonds. The summed E-state index contributed by atoms with van der Waals surface area (Å²) in [6, 6.07) is -0.240. The maximum Gasteiger partial charge on any atom is 0.246 e. The highest BCUT2D eigenvalue weighted by Gasteiger charge is 2.52. The van der Waals surface area contributed by atoms with Gasteiger partial charge in [0.1, 0.15) is 11.6 Å². The van der Waals surface area contributed by atoms with Crippen LogP contribution in [0.2, 0.25) is 0 Å². The Morgan fingerprint density at radius 3 is 2.44 bits per heavy atom. The van der Waals surface area contributed by atoms with Gasteiger partial charge < -0.3 is 10.2 Å². The van der Waals surface area contributed by atoms with E-state index in [1.54, 1.807) is 0 Å². The van der Waals surface area contributed by atoms with Crippen LogP contribution in [0.25, 0.3) is 0 Å². The molecule has 0 aromatic rings. The molecule has 0 aromatic heterocycles. The topological polar surface area (TPSA) is 49.4 Å². The Morgan fingerprint density at radius 2 is 1.94 bits per heavy atom. The quantitative estimate of drug-likeness (QED) is 0.817. The van der Waals surface area contributed by atoms with Gasteiger partial charge in [-0.15, -0.1) is 0 Å². The van der Waals surface area contributed by atoms with Gasteiger partial charge in [0, 0.05) is 6.54 Å². The van der Waals surface area contributed by atoms with Gasteiger partial charge in [0.2, 0.25) is 11.8 Å². The minimum Gasteiger partial charge on any atom is -0.342 e. The third-order valence-corrected chi connectivity index (χ3v) is 4.82. The molecule has 18 heavy (non-hydrogen) atoms. The minimum absolute atomic E-state index is 0.0437. The molecule has 2 atom stereocenters. The molecule has 0 bridgehead atoms. The molecule has 1 saturated heterocycles. The van der Waals surface area contributed by atoms with E-state index in [0.29, 0.717) is 18.3 Å². The molecule has 0 spiro atoms. The molecule has 1 heterocycles. The van der Waals surface area contributed by atoms with E-state index in [1.165, 1.54) is 12.8 Å². The first kappa shape index (κ1) is 12.0. The van der Waals surface area contributed by atoms with Crippen LogP contribution in [0.5, 0.6) is 0 Å². The molecule has 1 N–H and O–H groups in total. The minimum atomic E-state index is -0.634. The summed E-state index contributed by atoms with van der Waals surface area (Å²) in [6.45, 7) is 4.68. The van der Waals surface area contributed by atoms with E-state index in [0.717, 1.165) is 19.4 Å². The first-order valence-electron chi connectivity index (χ1n) is 7.18. The van der Waals surface area contributed by atoms with Crippen LogP contribution >= 0.6 is 0 Å². The summed E-state index contributed by atoms with van der Waals surface area (Å²) in [4.78, 5) is 26.8. The number of hydrogen-bond acceptors (Lipinski definition) is 2. The molecule has 0 aromatic carbocycles. The standard InChI is InChI=1S/C14H22N2O2/c1-3-14(2)13(18)15-11(10-6-7-10)12(17)16(14)8-9-4-5-9/h9-11H,3-8H2,1-2H3,(H,15,18). The van der Waals surface area contributed by atoms with Crippen molar-refractivity contribution in [3.8, 4) is 0 Å². The van der Waals surface area contributed by atoms with Crippen LogP contribution in [0.1, 0.15) is 46.0 Å². The summed E-state index contributed by atoms with van der Waals surface area (Å²) < 4.78 is 0. The molecule has 0 radical (unpaired) electrons. The van der Waals surface area contributed by atoms with E-state index in [2.05, 4.69) is 5.32 Å². The van der Waals surface area contributed by atoms with Crippen molar-refractivity contribution in [2.45, 2.75) is 57.5 Å². The van der Waals surface area contributed by atoms with Crippen molar-refractivity contribution in [2.75, 3.05) is 6.54 Å². The van der Waals surface area contributed by atoms with Crippen LogP contribution in [0.4, 0.5) is 0 Å². The normalized spacial score (nSPS) is 36.8. The number of nitrogens with zero attached hydrogens (tertiary/aromatic N) is 1. The number of carbonyl (C=O) groups is 2. The van der Waals surface area contributed by atoms with Gasteiger partial charge >= 0.3 is 0 Å². The lowest BCUT2D eigenvalue weighted by Gasteiger charge is -2.46. The van der Waals surface area contributed by atoms with Crippen LogP contribution in [0.15, 0.2) is 0 Å². The van der Waals surface area contributed by atoms with E-state index in [4.69, 9.17) is 0 Å². The predicted molar refractivity (Wildman–Crippen MR) is 67.8 cm³/mol. The van der Waals surface area contributed by atoms with Gasteiger partial charge in [-0.1, -0.05) is 6.92 Å². The lowest BCUT2D eigenvalue weighted by molar-refractivity contribution is -0.157. The highest BCUT2D eigenvalue weighted by molar-refractivity contribution is 5.99. The Bertz CT molecular complexity index is 387. The molecule has 3 rings (SSSR count). The maximum absolute atomic E-state index is 12.6. The molecular formula is C14H22N2O2. The second-order valence-electron chi connectivity index (χ2n) is 6.31. The van der Waals surface area contributed by atoms with Crippen molar-refractivity contribution >= 4 is 11.8 Å². The summed E-state index contributed by atoms with van der Waals surface area (Å²) in [6.07, 6.45) is 5.26. The Kier molecular flexibility index (Phi) is 2.65. The zero-order valence-corrected chi connectivity index (χ0v) is 11.2. The number of amides is 2. The van der Waals surface area contributed by atoms with E-state index < -0.39 is 5.54 Å². The molecule has 3 aliphatic rings. The first-order valence-corrected chi connectivity index (χ1v) is 7.18. The predicted octanol–water partition coefficient (Wildman–Crippen LogP) is 1.30. The number of rotatable bonds is 4. The third kappa shape index (κ3) is 1.82. The Labute approximate surface area is 108 Å². The molecule has 4 nitrogen and oxygen atoms in total. The van der Waals surface area contributed by atoms with Gasteiger partial charge in [-0.2, -0.15) is 0 Å². The number of nitrogens with one attached hydrogen (secondary N) is 1. The van der Waals surface area contributed by atoms with E-state index in [1.807, 2.05) is 18.7 Å². The van der Waals surface area contributed by atoms with Gasteiger partial charge in [-0.3, -0.25) is 9.59 Å². The summed E-state index contributed by atoms with van der Waals surface area (Å²) in [5, 5.41) is 2.96. The zero-order chi connectivity index (χ0) is 12.9. The highest BCUT2D eigenvalue weighted by atomic mass is 16.2. The van der Waals surface area contributed by atoms with Crippen molar-refractivity contribution in [3.63, 3.8) is 0 Å². The fourth-order valence-electron chi connectivity index (χ4n) is 2.84. The summed E-state index contributed by atoms with van der Waals surface area (Å²) >= 11 is 0. The highest BCUT2D eigenvalue weighted by Crippen LogP contribution is 2.39. The third-order valence-electron chi connectivity index (χ3n) is 4.82. The fraction of sp³-hybridized carbons (Fsp3) is 0.857. The van der Waals surface area contributed by atoms with Crippen molar-refractivity contribution in [2.24, 2.45) is 11.8 Å². The molecule has 2 unspecified atom stereocenters. The van der Waals surface area contributed by atoms with E-state index >= 15 is 0 Å². The largest absolute Gasteiger partial charge is 0.342 e. The van der Waals surface area contributed by atoms with Gasteiger partial charge in [-0.25, -0.2) is 0 Å². The van der Waals surface area contributed by atoms with Crippen molar-refractivity contribution < 1.29 is 9.59 Å². The smallest absolute Gasteiger partial charge is 0.246 e. The van der Waals surface area contributed by atoms with Gasteiger partial charge in [0.05, 0.1) is 0 Å². The van der Waals surface area contributed by atoms with Crippen molar-refractivity contribution in [1.29, 1.82) is 0 Å². The van der Waals surface area contributed by atoms with Gasteiger partial charge in [0.25, 0.3) is 0 Å². The molecule has 2 saturated carbocycles. The Balaban J connectivity index is 1.85. The number of carbonyl (C=O) groups excluding carboxylic acids is 2. The summed E-state index contributed by atoms with van der Waals surface area (Å²) in [5.41, 5.74) is -0.634. The number of hydrogen-bond donors (Lipinski definition) is 1. The summed E-state index contributed by atoms with van der Waals surface area (Å²) in [7, 11) is 0. The van der Waals surface area contributed by atoms with Crippen LogP contribution in [-0.4, -0.2) is 34.8 Å². The average molecular weight is 250 g/mol. The average Bonchev–Trinajstić information content (AvgIpc) is 3.22. The SMILES string of the molecule is CCC1(C)C(=O)NC(C2CC2)C(=O)N1CC1CC1. The van der Waals surface area contributed by atoms with Crippen molar-refractivity contribution in [1.82, 2.24) is 10.2 Å². The first-order chi connectivity index (χ1) is 8.56. The molecule has 2 aliphatic carbocycles. The van der Waals surface area contributed by atoms with Gasteiger partial charge in [-0.05, 0) is 50.9 Å². The van der Waals surface area contributed by atoms with Crippen LogP contribution < -0.4 is 5.32 Å². The number of piperazine rings is 1. The molecule has 4 heteroatoms. The van der Waals surface area contributed by atoms with Crippen LogP contribution in [0.3, 0.4) is 0 Å². The maximum atomic E-state index is 12.6. The Morgan fingerprint density at radius 1 is 1.28 bits per heavy atom. The lowest BCUT2D eigenvalue weighted by Crippen LogP contribution is -2.70. The van der Waals surface area contributed by atoms with Crippen molar-refractivity contribution in [3.05, 3.63) is 0 Å². The second-order valence-corrected chi connectivity index (χ2v) is 6.31. The molecule has 3 fully saturated rings. The molecule has 100 valence electrons. The van der Waals surface area contributed by atoms with E-state index in [-0.39, 0.29) is 17.9 Å². The fourth-order valence-corrected chi connectivity index (χ4v) is 2.84. The van der Waals surface area contributed by atoms with E-state index in [9.17, 15) is 9.59 Å². The second kappa shape index (κ2) is 3.97. The van der Waals surface area contributed by atoms with Crippen LogP contribution in [0, 0.1) is 11.8 Å². The molecular weight excluding hydrogens is 228 g/mol. The summed E-state index contributed by atoms with van der Waals surface area (Å²) in [5.74, 6) is 1.23. The molecule has 1 aliphatic heterocycles. The Hall–Kier alpha value is -1.06. The monoisotopic (exact) mass is 250 g/mol.